The number of hydrogen-bond acceptors (Lipinski definition) is 4. The highest BCUT2D eigenvalue weighted by atomic mass is 35.5. The molecule has 0 atom stereocenters. The largest absolute Gasteiger partial charge is 0.491 e. The van der Waals surface area contributed by atoms with Crippen LogP contribution in [0.2, 0.25) is 5.02 Å². The van der Waals surface area contributed by atoms with Gasteiger partial charge < -0.3 is 20.4 Å². The Labute approximate surface area is 197 Å². The van der Waals surface area contributed by atoms with E-state index in [0.29, 0.717) is 41.7 Å². The van der Waals surface area contributed by atoms with Crippen molar-refractivity contribution in [3.05, 3.63) is 64.9 Å². The first-order chi connectivity index (χ1) is 16.3. The van der Waals surface area contributed by atoms with Gasteiger partial charge in [0.2, 0.25) is 6.41 Å². The number of aromatic amines is 1. The lowest BCUT2D eigenvalue weighted by molar-refractivity contribution is -0.140. The predicted octanol–water partition coefficient (Wildman–Crippen LogP) is 4.25. The molecule has 0 radical (unpaired) electrons. The fourth-order valence-corrected chi connectivity index (χ4v) is 2.97. The Morgan fingerprint density at radius 1 is 1.24 bits per heavy atom. The summed E-state index contributed by atoms with van der Waals surface area (Å²) in [5, 5.41) is 5.56. The lowest BCUT2D eigenvalue weighted by Gasteiger charge is -2.13. The third-order valence-corrected chi connectivity index (χ3v) is 4.57. The standard InChI is InChI=1S/C23H18ClF3N4O3/c24-17-4-1-3-15(11-17)5-8-21(33)30-18-12-16(22-29-13-20(31-22)23(25,26)27)6-7-19(18)34-10-2-9-28-14-32/h1,3-4,6-7,11-14H,2,9-10H2,(H,28,32)(H,29,31)(H,30,33). The first-order valence-electron chi connectivity index (χ1n) is 9.91. The Kier molecular flexibility index (Phi) is 8.16. The summed E-state index contributed by atoms with van der Waals surface area (Å²) in [4.78, 5) is 28.7. The van der Waals surface area contributed by atoms with Crippen LogP contribution >= 0.6 is 11.6 Å². The zero-order valence-electron chi connectivity index (χ0n) is 17.5. The van der Waals surface area contributed by atoms with Crippen LogP contribution in [0, 0.1) is 11.8 Å². The molecular weight excluding hydrogens is 473 g/mol. The average Bonchev–Trinajstić information content (AvgIpc) is 3.29. The number of carbonyl (C=O) groups excluding carboxylic acids is 2. The molecule has 7 nitrogen and oxygen atoms in total. The number of alkyl halides is 3. The highest BCUT2D eigenvalue weighted by Gasteiger charge is 2.33. The third-order valence-electron chi connectivity index (χ3n) is 4.33. The molecule has 0 saturated heterocycles. The van der Waals surface area contributed by atoms with E-state index in [0.717, 1.165) is 0 Å². The zero-order valence-corrected chi connectivity index (χ0v) is 18.3. The van der Waals surface area contributed by atoms with Crippen LogP contribution in [0.1, 0.15) is 17.7 Å². The normalized spacial score (nSPS) is 10.7. The van der Waals surface area contributed by atoms with Gasteiger partial charge in [0.05, 0.1) is 18.5 Å². The number of aromatic nitrogens is 2. The fourth-order valence-electron chi connectivity index (χ4n) is 2.78. The summed E-state index contributed by atoms with van der Waals surface area (Å²) in [6.45, 7) is 0.608. The van der Waals surface area contributed by atoms with Crippen LogP contribution in [0.3, 0.4) is 0 Å². The minimum absolute atomic E-state index is 0.0328. The van der Waals surface area contributed by atoms with Gasteiger partial charge in [-0.3, -0.25) is 9.59 Å². The number of anilines is 1. The number of hydrogen-bond donors (Lipinski definition) is 3. The molecule has 2 aromatic carbocycles. The fraction of sp³-hybridized carbons (Fsp3) is 0.174. The van der Waals surface area contributed by atoms with E-state index >= 15 is 0 Å². The second-order valence-electron chi connectivity index (χ2n) is 6.84. The molecule has 0 unspecified atom stereocenters. The number of ether oxygens (including phenoxy) is 1. The Hall–Kier alpha value is -3.97. The van der Waals surface area contributed by atoms with Gasteiger partial charge in [0.1, 0.15) is 17.3 Å². The van der Waals surface area contributed by atoms with Crippen molar-refractivity contribution in [2.45, 2.75) is 12.6 Å². The molecule has 34 heavy (non-hydrogen) atoms. The van der Waals surface area contributed by atoms with Crippen molar-refractivity contribution in [2.24, 2.45) is 0 Å². The van der Waals surface area contributed by atoms with Gasteiger partial charge in [-0.15, -0.1) is 0 Å². The van der Waals surface area contributed by atoms with Crippen molar-refractivity contribution < 1.29 is 27.5 Å². The maximum absolute atomic E-state index is 12.9. The molecule has 2 amide bonds. The van der Waals surface area contributed by atoms with Gasteiger partial charge in [-0.1, -0.05) is 23.6 Å². The van der Waals surface area contributed by atoms with Crippen molar-refractivity contribution in [2.75, 3.05) is 18.5 Å². The van der Waals surface area contributed by atoms with E-state index in [1.807, 2.05) is 0 Å². The summed E-state index contributed by atoms with van der Waals surface area (Å²) in [5.41, 5.74) is 0.0223. The second kappa shape index (κ2) is 11.2. The minimum Gasteiger partial charge on any atom is -0.491 e. The van der Waals surface area contributed by atoms with Crippen molar-refractivity contribution in [3.63, 3.8) is 0 Å². The summed E-state index contributed by atoms with van der Waals surface area (Å²) in [6.07, 6.45) is -2.82. The van der Waals surface area contributed by atoms with Crippen LogP contribution in [0.4, 0.5) is 18.9 Å². The molecule has 0 aliphatic carbocycles. The number of carbonyl (C=O) groups is 2. The molecule has 0 bridgehead atoms. The Morgan fingerprint density at radius 2 is 2.06 bits per heavy atom. The topological polar surface area (TPSA) is 96.1 Å². The molecule has 3 rings (SSSR count). The van der Waals surface area contributed by atoms with Crippen LogP contribution < -0.4 is 15.4 Å². The van der Waals surface area contributed by atoms with Gasteiger partial charge in [0.15, 0.2) is 0 Å². The van der Waals surface area contributed by atoms with E-state index in [9.17, 15) is 22.8 Å². The van der Waals surface area contributed by atoms with Crippen LogP contribution in [-0.4, -0.2) is 35.4 Å². The molecule has 3 aromatic rings. The highest BCUT2D eigenvalue weighted by molar-refractivity contribution is 6.30. The summed E-state index contributed by atoms with van der Waals surface area (Å²) in [5.74, 6) is 4.69. The number of halogens is 4. The number of H-pyrrole nitrogens is 1. The molecule has 1 heterocycles. The van der Waals surface area contributed by atoms with Crippen LogP contribution in [0.25, 0.3) is 11.4 Å². The second-order valence-corrected chi connectivity index (χ2v) is 7.28. The quantitative estimate of drug-likeness (QED) is 0.250. The van der Waals surface area contributed by atoms with Crippen LogP contribution in [0.5, 0.6) is 5.75 Å². The van der Waals surface area contributed by atoms with Gasteiger partial charge in [-0.2, -0.15) is 13.2 Å². The number of imidazole rings is 1. The lowest BCUT2D eigenvalue weighted by Crippen LogP contribution is -2.15. The average molecular weight is 491 g/mol. The summed E-state index contributed by atoms with van der Waals surface area (Å²) >= 11 is 5.91. The Bertz CT molecular complexity index is 1230. The van der Waals surface area contributed by atoms with Gasteiger partial charge >= 0.3 is 12.1 Å². The lowest BCUT2D eigenvalue weighted by atomic mass is 10.1. The minimum atomic E-state index is -4.57. The predicted molar refractivity (Wildman–Crippen MR) is 120 cm³/mol. The first kappa shape index (κ1) is 24.7. The first-order valence-corrected chi connectivity index (χ1v) is 10.3. The van der Waals surface area contributed by atoms with Crippen molar-refractivity contribution in [1.29, 1.82) is 0 Å². The van der Waals surface area contributed by atoms with E-state index in [4.69, 9.17) is 16.3 Å². The van der Waals surface area contributed by atoms with E-state index in [1.165, 1.54) is 18.2 Å². The third kappa shape index (κ3) is 7.02. The highest BCUT2D eigenvalue weighted by Crippen LogP contribution is 2.32. The van der Waals surface area contributed by atoms with Gasteiger partial charge in [-0.25, -0.2) is 4.98 Å². The number of nitrogens with one attached hydrogen (secondary N) is 3. The molecule has 0 spiro atoms. The zero-order chi connectivity index (χ0) is 24.6. The van der Waals surface area contributed by atoms with Gasteiger partial charge in [0, 0.05) is 28.6 Å². The molecule has 0 saturated carbocycles. The summed E-state index contributed by atoms with van der Waals surface area (Å²) < 4.78 is 44.4. The summed E-state index contributed by atoms with van der Waals surface area (Å²) in [7, 11) is 0. The van der Waals surface area contributed by atoms with Gasteiger partial charge in [-0.05, 0) is 42.8 Å². The van der Waals surface area contributed by atoms with E-state index in [2.05, 4.69) is 32.4 Å². The number of rotatable bonds is 8. The molecule has 0 aliphatic rings. The molecular formula is C23H18ClF3N4O3. The maximum atomic E-state index is 12.9. The number of nitrogens with zero attached hydrogens (tertiary/aromatic N) is 1. The molecule has 0 aliphatic heterocycles. The van der Waals surface area contributed by atoms with Crippen molar-refractivity contribution >= 4 is 29.6 Å². The number of amides is 2. The van der Waals surface area contributed by atoms with Gasteiger partial charge in [0.25, 0.3) is 0 Å². The number of benzene rings is 2. The molecule has 1 aromatic heterocycles. The van der Waals surface area contributed by atoms with Crippen molar-refractivity contribution in [1.82, 2.24) is 15.3 Å². The van der Waals surface area contributed by atoms with E-state index in [1.54, 1.807) is 24.3 Å². The maximum Gasteiger partial charge on any atom is 0.432 e. The molecule has 0 fully saturated rings. The van der Waals surface area contributed by atoms with Crippen LogP contribution in [-0.2, 0) is 15.8 Å². The molecule has 3 N–H and O–H groups in total. The Balaban J connectivity index is 1.83. The van der Waals surface area contributed by atoms with Crippen molar-refractivity contribution in [3.8, 4) is 29.0 Å². The molecule has 11 heteroatoms. The van der Waals surface area contributed by atoms with Crippen LogP contribution in [0.15, 0.2) is 48.7 Å². The Morgan fingerprint density at radius 3 is 2.76 bits per heavy atom. The monoisotopic (exact) mass is 490 g/mol. The molecule has 176 valence electrons. The van der Waals surface area contributed by atoms with E-state index in [-0.39, 0.29) is 23.9 Å². The van der Waals surface area contributed by atoms with E-state index < -0.39 is 17.8 Å². The smallest absolute Gasteiger partial charge is 0.432 e. The summed E-state index contributed by atoms with van der Waals surface area (Å²) in [6, 6.07) is 11.1. The SMILES string of the molecule is O=CNCCCOc1ccc(-c2ncc(C(F)(F)F)[nH]2)cc1NC(=O)C#Cc1cccc(Cl)c1.